The number of nitro benzene ring substituents is 1. The summed E-state index contributed by atoms with van der Waals surface area (Å²) in [5.41, 5.74) is 2.52. The Morgan fingerprint density at radius 3 is 2.71 bits per heavy atom. The molecule has 0 aliphatic heterocycles. The lowest BCUT2D eigenvalue weighted by molar-refractivity contribution is -0.384. The number of nitro groups is 1. The standard InChI is InChI=1S/C16H14ClN3O4/c1-11(24-13-5-3-2-4-6-13)16(21)19-18-10-12-7-8-14(17)15(9-12)20(22)23/h2-11H,1H3,(H,19,21). The van der Waals surface area contributed by atoms with Gasteiger partial charge in [-0.2, -0.15) is 5.10 Å². The maximum atomic E-state index is 11.9. The smallest absolute Gasteiger partial charge is 0.288 e. The van der Waals surface area contributed by atoms with Gasteiger partial charge in [0, 0.05) is 11.6 Å². The lowest BCUT2D eigenvalue weighted by Gasteiger charge is -2.12. The van der Waals surface area contributed by atoms with Gasteiger partial charge in [0.25, 0.3) is 11.6 Å². The van der Waals surface area contributed by atoms with Crippen molar-refractivity contribution in [1.82, 2.24) is 5.43 Å². The molecule has 8 heteroatoms. The van der Waals surface area contributed by atoms with Crippen LogP contribution in [0.25, 0.3) is 0 Å². The lowest BCUT2D eigenvalue weighted by atomic mass is 10.2. The van der Waals surface area contributed by atoms with Crippen LogP contribution in [0.5, 0.6) is 5.75 Å². The van der Waals surface area contributed by atoms with Crippen LogP contribution >= 0.6 is 11.6 Å². The molecule has 0 fully saturated rings. The van der Waals surface area contributed by atoms with Gasteiger partial charge in [-0.1, -0.05) is 35.9 Å². The topological polar surface area (TPSA) is 93.8 Å². The number of hydrogen-bond acceptors (Lipinski definition) is 5. The van der Waals surface area contributed by atoms with E-state index in [0.717, 1.165) is 0 Å². The highest BCUT2D eigenvalue weighted by atomic mass is 35.5. The highest BCUT2D eigenvalue weighted by Gasteiger charge is 2.14. The summed E-state index contributed by atoms with van der Waals surface area (Å²) < 4.78 is 5.45. The van der Waals surface area contributed by atoms with Crippen molar-refractivity contribution in [2.45, 2.75) is 13.0 Å². The number of carbonyl (C=O) groups excluding carboxylic acids is 1. The van der Waals surface area contributed by atoms with Gasteiger partial charge < -0.3 is 4.74 Å². The number of nitrogens with zero attached hydrogens (tertiary/aromatic N) is 2. The number of benzene rings is 2. The molecule has 7 nitrogen and oxygen atoms in total. The molecular formula is C16H14ClN3O4. The van der Waals surface area contributed by atoms with Gasteiger partial charge >= 0.3 is 0 Å². The van der Waals surface area contributed by atoms with Crippen molar-refractivity contribution in [3.8, 4) is 5.75 Å². The second-order valence-electron chi connectivity index (χ2n) is 4.78. The van der Waals surface area contributed by atoms with Crippen LogP contribution in [0.3, 0.4) is 0 Å². The fraction of sp³-hybridized carbons (Fsp3) is 0.125. The molecule has 1 atom stereocenters. The van der Waals surface area contributed by atoms with Crippen LogP contribution in [0.2, 0.25) is 5.02 Å². The number of ether oxygens (including phenoxy) is 1. The summed E-state index contributed by atoms with van der Waals surface area (Å²) in [5.74, 6) is 0.121. The number of nitrogens with one attached hydrogen (secondary N) is 1. The van der Waals surface area contributed by atoms with Crippen molar-refractivity contribution in [2.24, 2.45) is 5.10 Å². The van der Waals surface area contributed by atoms with Gasteiger partial charge in [0.2, 0.25) is 0 Å². The van der Waals surface area contributed by atoms with Crippen LogP contribution in [0.1, 0.15) is 12.5 Å². The lowest BCUT2D eigenvalue weighted by Crippen LogP contribution is -2.33. The van der Waals surface area contributed by atoms with E-state index in [9.17, 15) is 14.9 Å². The van der Waals surface area contributed by atoms with Crippen LogP contribution in [-0.4, -0.2) is 23.1 Å². The third-order valence-electron chi connectivity index (χ3n) is 2.98. The van der Waals surface area contributed by atoms with Crippen molar-refractivity contribution in [1.29, 1.82) is 0 Å². The first-order valence-corrected chi connectivity index (χ1v) is 7.33. The Morgan fingerprint density at radius 1 is 1.33 bits per heavy atom. The van der Waals surface area contributed by atoms with Gasteiger partial charge in [-0.25, -0.2) is 5.43 Å². The summed E-state index contributed by atoms with van der Waals surface area (Å²) in [6, 6.07) is 13.1. The number of hydrazone groups is 1. The zero-order valence-electron chi connectivity index (χ0n) is 12.7. The van der Waals surface area contributed by atoms with E-state index in [2.05, 4.69) is 10.5 Å². The summed E-state index contributed by atoms with van der Waals surface area (Å²) >= 11 is 5.72. The Balaban J connectivity index is 1.94. The van der Waals surface area contributed by atoms with E-state index in [-0.39, 0.29) is 10.7 Å². The van der Waals surface area contributed by atoms with Gasteiger partial charge in [0.1, 0.15) is 10.8 Å². The summed E-state index contributed by atoms with van der Waals surface area (Å²) in [6.07, 6.45) is 0.542. The Bertz CT molecular complexity index is 765. The van der Waals surface area contributed by atoms with Gasteiger partial charge in [0.05, 0.1) is 11.1 Å². The number of halogens is 1. The number of amides is 1. The maximum absolute atomic E-state index is 11.9. The zero-order chi connectivity index (χ0) is 17.5. The van der Waals surface area contributed by atoms with Crippen molar-refractivity contribution < 1.29 is 14.5 Å². The molecule has 0 bridgehead atoms. The van der Waals surface area contributed by atoms with Crippen LogP contribution < -0.4 is 10.2 Å². The van der Waals surface area contributed by atoms with E-state index in [1.807, 2.05) is 6.07 Å². The molecule has 0 aliphatic rings. The van der Waals surface area contributed by atoms with E-state index in [4.69, 9.17) is 16.3 Å². The van der Waals surface area contributed by atoms with Gasteiger partial charge in [-0.05, 0) is 25.1 Å². The Kier molecular flexibility index (Phi) is 5.86. The van der Waals surface area contributed by atoms with E-state index in [1.54, 1.807) is 37.3 Å². The number of para-hydroxylation sites is 1. The third-order valence-corrected chi connectivity index (χ3v) is 3.30. The second kappa shape index (κ2) is 8.07. The minimum atomic E-state index is -0.746. The number of hydrogen-bond donors (Lipinski definition) is 1. The molecule has 1 unspecified atom stereocenters. The molecule has 124 valence electrons. The number of carbonyl (C=O) groups is 1. The minimum Gasteiger partial charge on any atom is -0.481 e. The average molecular weight is 348 g/mol. The Labute approximate surface area is 143 Å². The number of rotatable bonds is 6. The van der Waals surface area contributed by atoms with Crippen molar-refractivity contribution in [3.63, 3.8) is 0 Å². The SMILES string of the molecule is CC(Oc1ccccc1)C(=O)NN=Cc1ccc(Cl)c([N+](=O)[O-])c1. The summed E-state index contributed by atoms with van der Waals surface area (Å²) in [4.78, 5) is 22.1. The predicted molar refractivity (Wildman–Crippen MR) is 90.4 cm³/mol. The predicted octanol–water partition coefficient (Wildman–Crippen LogP) is 3.17. The first-order valence-electron chi connectivity index (χ1n) is 6.96. The molecule has 0 saturated heterocycles. The second-order valence-corrected chi connectivity index (χ2v) is 5.18. The fourth-order valence-electron chi connectivity index (χ4n) is 1.77. The molecule has 2 aromatic rings. The first-order chi connectivity index (χ1) is 11.5. The van der Waals surface area contributed by atoms with Crippen molar-refractivity contribution >= 4 is 29.4 Å². The third kappa shape index (κ3) is 4.79. The van der Waals surface area contributed by atoms with Crippen LogP contribution in [0, 0.1) is 10.1 Å². The maximum Gasteiger partial charge on any atom is 0.288 e. The molecule has 0 aromatic heterocycles. The quantitative estimate of drug-likeness (QED) is 0.493. The van der Waals surface area contributed by atoms with Crippen molar-refractivity contribution in [2.75, 3.05) is 0 Å². The highest BCUT2D eigenvalue weighted by molar-refractivity contribution is 6.32. The zero-order valence-corrected chi connectivity index (χ0v) is 13.4. The molecule has 0 saturated carbocycles. The van der Waals surface area contributed by atoms with E-state index >= 15 is 0 Å². The van der Waals surface area contributed by atoms with E-state index < -0.39 is 16.9 Å². The molecule has 2 rings (SSSR count). The molecule has 2 aromatic carbocycles. The molecule has 0 heterocycles. The van der Waals surface area contributed by atoms with Crippen LogP contribution in [-0.2, 0) is 4.79 Å². The van der Waals surface area contributed by atoms with Crippen LogP contribution in [0.15, 0.2) is 53.6 Å². The van der Waals surface area contributed by atoms with Gasteiger partial charge in [-0.3, -0.25) is 14.9 Å². The molecule has 0 radical (unpaired) electrons. The monoisotopic (exact) mass is 347 g/mol. The normalized spacial score (nSPS) is 11.9. The Morgan fingerprint density at radius 2 is 2.04 bits per heavy atom. The first kappa shape index (κ1) is 17.4. The minimum absolute atomic E-state index is 0.0334. The Hall–Kier alpha value is -2.93. The summed E-state index contributed by atoms with van der Waals surface area (Å²) in [7, 11) is 0. The van der Waals surface area contributed by atoms with Gasteiger partial charge in [-0.15, -0.1) is 0 Å². The average Bonchev–Trinajstić information content (AvgIpc) is 2.56. The summed E-state index contributed by atoms with van der Waals surface area (Å²) in [5, 5.41) is 14.6. The summed E-state index contributed by atoms with van der Waals surface area (Å²) in [6.45, 7) is 1.59. The molecule has 1 amide bonds. The van der Waals surface area contributed by atoms with Gasteiger partial charge in [0.15, 0.2) is 6.10 Å². The molecule has 0 aliphatic carbocycles. The molecule has 24 heavy (non-hydrogen) atoms. The van der Waals surface area contributed by atoms with Crippen LogP contribution in [0.4, 0.5) is 5.69 Å². The highest BCUT2D eigenvalue weighted by Crippen LogP contribution is 2.24. The molecule has 1 N–H and O–H groups in total. The fourth-order valence-corrected chi connectivity index (χ4v) is 1.95. The van der Waals surface area contributed by atoms with Crippen molar-refractivity contribution in [3.05, 3.63) is 69.2 Å². The van der Waals surface area contributed by atoms with E-state index in [1.165, 1.54) is 18.3 Å². The molecular weight excluding hydrogens is 334 g/mol. The van der Waals surface area contributed by atoms with E-state index in [0.29, 0.717) is 11.3 Å². The largest absolute Gasteiger partial charge is 0.481 e. The molecule has 0 spiro atoms.